The lowest BCUT2D eigenvalue weighted by Crippen LogP contribution is -2.05. The molecule has 14 heavy (non-hydrogen) atoms. The molecule has 0 bridgehead atoms. The van der Waals surface area contributed by atoms with Crippen molar-refractivity contribution in [3.63, 3.8) is 0 Å². The summed E-state index contributed by atoms with van der Waals surface area (Å²) >= 11 is 2.16. The molecule has 1 heterocycles. The number of methoxy groups -OCH3 is 1. The van der Waals surface area contributed by atoms with Crippen LogP contribution in [0.4, 0.5) is 5.69 Å². The van der Waals surface area contributed by atoms with Crippen molar-refractivity contribution < 1.29 is 9.53 Å². The van der Waals surface area contributed by atoms with E-state index in [4.69, 9.17) is 4.74 Å². The summed E-state index contributed by atoms with van der Waals surface area (Å²) in [6, 6.07) is 3.62. The zero-order chi connectivity index (χ0) is 10.1. The number of carbonyl (C=O) groups excluding carboxylic acids is 1. The second-order valence-electron chi connectivity index (χ2n) is 2.94. The Morgan fingerprint density at radius 1 is 1.50 bits per heavy atom. The molecule has 4 heteroatoms. The fourth-order valence-electron chi connectivity index (χ4n) is 1.37. The molecule has 1 aromatic carbocycles. The van der Waals surface area contributed by atoms with E-state index in [9.17, 15) is 4.79 Å². The van der Waals surface area contributed by atoms with Crippen molar-refractivity contribution in [1.82, 2.24) is 0 Å². The van der Waals surface area contributed by atoms with Gasteiger partial charge in [0, 0.05) is 18.2 Å². The summed E-state index contributed by atoms with van der Waals surface area (Å²) in [5.74, 6) is 0.833. The molecule has 0 spiro atoms. The van der Waals surface area contributed by atoms with Gasteiger partial charge >= 0.3 is 0 Å². The first kappa shape index (κ1) is 9.64. The van der Waals surface area contributed by atoms with E-state index in [0.717, 1.165) is 15.0 Å². The van der Waals surface area contributed by atoms with Gasteiger partial charge in [-0.1, -0.05) is 0 Å². The van der Waals surface area contributed by atoms with Gasteiger partial charge in [-0.15, -0.1) is 0 Å². The van der Waals surface area contributed by atoms with E-state index in [2.05, 4.69) is 27.6 Å². The molecule has 1 aromatic rings. The van der Waals surface area contributed by atoms with Crippen molar-refractivity contribution in [2.24, 2.45) is 4.99 Å². The topological polar surface area (TPSA) is 38.7 Å². The Morgan fingerprint density at radius 2 is 2.29 bits per heavy atom. The lowest BCUT2D eigenvalue weighted by molar-refractivity contribution is 0.100. The highest BCUT2D eigenvalue weighted by Crippen LogP contribution is 2.32. The van der Waals surface area contributed by atoms with Crippen molar-refractivity contribution in [2.75, 3.05) is 7.11 Å². The summed E-state index contributed by atoms with van der Waals surface area (Å²) in [6.07, 6.45) is 2.03. The van der Waals surface area contributed by atoms with Gasteiger partial charge in [0.2, 0.25) is 0 Å². The molecule has 0 fully saturated rings. The fraction of sp³-hybridized carbons (Fsp3) is 0.200. The largest absolute Gasteiger partial charge is 0.496 e. The van der Waals surface area contributed by atoms with Crippen LogP contribution in [0.3, 0.4) is 0 Å². The maximum absolute atomic E-state index is 11.5. The van der Waals surface area contributed by atoms with Gasteiger partial charge in [-0.05, 0) is 34.7 Å². The number of benzene rings is 1. The van der Waals surface area contributed by atoms with Crippen LogP contribution in [0.5, 0.6) is 5.75 Å². The molecule has 0 radical (unpaired) electrons. The fourth-order valence-corrected chi connectivity index (χ4v) is 2.04. The molecule has 0 saturated heterocycles. The average molecular weight is 301 g/mol. The Kier molecular flexibility index (Phi) is 2.54. The van der Waals surface area contributed by atoms with Gasteiger partial charge in [0.05, 0.1) is 16.4 Å². The predicted molar refractivity (Wildman–Crippen MR) is 62.8 cm³/mol. The normalized spacial score (nSPS) is 14.0. The van der Waals surface area contributed by atoms with Crippen LogP contribution in [-0.2, 0) is 0 Å². The molecular weight excluding hydrogens is 293 g/mol. The predicted octanol–water partition coefficient (Wildman–Crippen LogP) is 2.59. The van der Waals surface area contributed by atoms with Gasteiger partial charge in [0.15, 0.2) is 5.78 Å². The highest BCUT2D eigenvalue weighted by atomic mass is 127. The van der Waals surface area contributed by atoms with Gasteiger partial charge < -0.3 is 4.74 Å². The van der Waals surface area contributed by atoms with Crippen LogP contribution >= 0.6 is 22.6 Å². The van der Waals surface area contributed by atoms with E-state index in [-0.39, 0.29) is 5.78 Å². The third-order valence-electron chi connectivity index (χ3n) is 2.08. The molecule has 1 aliphatic rings. The van der Waals surface area contributed by atoms with Crippen LogP contribution in [0.15, 0.2) is 17.1 Å². The molecular formula is C10H8INO2. The smallest absolute Gasteiger partial charge is 0.170 e. The summed E-state index contributed by atoms with van der Waals surface area (Å²) in [6.45, 7) is 0. The third-order valence-corrected chi connectivity index (χ3v) is 2.92. The Balaban J connectivity index is 2.61. The highest BCUT2D eigenvalue weighted by molar-refractivity contribution is 14.1. The number of carbonyl (C=O) groups is 1. The zero-order valence-corrected chi connectivity index (χ0v) is 9.74. The van der Waals surface area contributed by atoms with Gasteiger partial charge in [0.1, 0.15) is 5.75 Å². The van der Waals surface area contributed by atoms with E-state index in [1.54, 1.807) is 19.4 Å². The zero-order valence-electron chi connectivity index (χ0n) is 7.58. The quantitative estimate of drug-likeness (QED) is 0.748. The van der Waals surface area contributed by atoms with E-state index in [0.29, 0.717) is 12.0 Å². The number of aliphatic imine (C=N–C) groups is 1. The molecule has 1 aliphatic heterocycles. The maximum Gasteiger partial charge on any atom is 0.170 e. The van der Waals surface area contributed by atoms with Crippen LogP contribution in [0.2, 0.25) is 0 Å². The summed E-state index contributed by atoms with van der Waals surface area (Å²) in [4.78, 5) is 15.7. The average Bonchev–Trinajstić information content (AvgIpc) is 2.17. The summed E-state index contributed by atoms with van der Waals surface area (Å²) in [5.41, 5.74) is 1.40. The molecule has 3 nitrogen and oxygen atoms in total. The molecule has 0 unspecified atom stereocenters. The number of rotatable bonds is 1. The van der Waals surface area contributed by atoms with Crippen LogP contribution in [0.25, 0.3) is 0 Å². The van der Waals surface area contributed by atoms with E-state index < -0.39 is 0 Å². The second-order valence-corrected chi connectivity index (χ2v) is 4.11. The third kappa shape index (κ3) is 1.54. The Hall–Kier alpha value is -0.910. The minimum Gasteiger partial charge on any atom is -0.496 e. The summed E-state index contributed by atoms with van der Waals surface area (Å²) in [7, 11) is 1.60. The van der Waals surface area contributed by atoms with Crippen LogP contribution in [0, 0.1) is 3.57 Å². The monoisotopic (exact) mass is 301 g/mol. The van der Waals surface area contributed by atoms with Crippen molar-refractivity contribution in [3.8, 4) is 5.75 Å². The number of nitrogens with zero attached hydrogens (tertiary/aromatic N) is 1. The first-order valence-corrected chi connectivity index (χ1v) is 5.23. The van der Waals surface area contributed by atoms with Gasteiger partial charge in [-0.2, -0.15) is 0 Å². The van der Waals surface area contributed by atoms with Gasteiger partial charge in [0.25, 0.3) is 0 Å². The van der Waals surface area contributed by atoms with Crippen LogP contribution in [0.1, 0.15) is 16.8 Å². The minimum atomic E-state index is 0.102. The van der Waals surface area contributed by atoms with E-state index >= 15 is 0 Å². The molecule has 0 amide bonds. The number of Topliss-reactive ketones (excluding diaryl/α,β-unsaturated/α-hetero) is 1. The number of hydrogen-bond acceptors (Lipinski definition) is 3. The molecule has 72 valence electrons. The molecule has 0 saturated carbocycles. The number of hydrogen-bond donors (Lipinski definition) is 0. The minimum absolute atomic E-state index is 0.102. The lowest BCUT2D eigenvalue weighted by Gasteiger charge is -2.11. The Morgan fingerprint density at radius 3 is 3.00 bits per heavy atom. The molecule has 0 N–H and O–H groups in total. The number of fused-ring (bicyclic) bond motifs is 1. The van der Waals surface area contributed by atoms with E-state index in [1.807, 2.05) is 6.07 Å². The summed E-state index contributed by atoms with van der Waals surface area (Å²) < 4.78 is 6.12. The second kappa shape index (κ2) is 3.68. The molecule has 2 rings (SSSR count). The number of halogens is 1. The molecule has 0 aliphatic carbocycles. The molecule has 0 aromatic heterocycles. The lowest BCUT2D eigenvalue weighted by atomic mass is 10.0. The highest BCUT2D eigenvalue weighted by Gasteiger charge is 2.16. The van der Waals surface area contributed by atoms with Gasteiger partial charge in [-0.25, -0.2) is 0 Å². The standard InChI is InChI=1S/C10H8INO2/c1-14-10-4-6-8(5-7(10)11)12-3-2-9(6)13/h3-5H,2H2,1H3. The Labute approximate surface area is 95.3 Å². The number of ketones is 1. The van der Waals surface area contributed by atoms with E-state index in [1.165, 1.54) is 0 Å². The first-order chi connectivity index (χ1) is 6.72. The SMILES string of the molecule is COc1cc2c(cc1I)N=CCC2=O. The van der Waals surface area contributed by atoms with Crippen LogP contribution < -0.4 is 4.74 Å². The Bertz CT molecular complexity index is 426. The first-order valence-electron chi connectivity index (χ1n) is 4.15. The molecule has 0 atom stereocenters. The van der Waals surface area contributed by atoms with Crippen molar-refractivity contribution in [1.29, 1.82) is 0 Å². The van der Waals surface area contributed by atoms with Gasteiger partial charge in [-0.3, -0.25) is 9.79 Å². The summed E-state index contributed by atoms with van der Waals surface area (Å²) in [5, 5.41) is 0. The van der Waals surface area contributed by atoms with Crippen molar-refractivity contribution >= 4 is 40.3 Å². The number of ether oxygens (including phenoxy) is 1. The van der Waals surface area contributed by atoms with Crippen molar-refractivity contribution in [3.05, 3.63) is 21.3 Å². The van der Waals surface area contributed by atoms with Crippen LogP contribution in [-0.4, -0.2) is 19.1 Å². The van der Waals surface area contributed by atoms with Crippen molar-refractivity contribution in [2.45, 2.75) is 6.42 Å². The maximum atomic E-state index is 11.5.